The lowest BCUT2D eigenvalue weighted by Gasteiger charge is -2.16. The number of methoxy groups -OCH3 is 1. The van der Waals surface area contributed by atoms with E-state index in [4.69, 9.17) is 4.74 Å². The maximum Gasteiger partial charge on any atom is 0.261 e. The molecular formula is C15H16N4O4. The molecule has 2 aromatic rings. The van der Waals surface area contributed by atoms with Gasteiger partial charge < -0.3 is 9.84 Å². The fraction of sp³-hybridized carbons (Fsp3) is 0.333. The topological polar surface area (TPSA) is 97.6 Å². The van der Waals surface area contributed by atoms with Gasteiger partial charge in [-0.2, -0.15) is 0 Å². The van der Waals surface area contributed by atoms with Crippen molar-refractivity contribution < 1.29 is 19.4 Å². The van der Waals surface area contributed by atoms with Crippen LogP contribution in [0.4, 0.5) is 0 Å². The molecule has 0 saturated carbocycles. The number of aromatic nitrogens is 3. The van der Waals surface area contributed by atoms with E-state index in [1.165, 1.54) is 22.9 Å². The number of aliphatic hydroxyl groups excluding tert-OH is 1. The number of carbonyl (C=O) groups excluding carboxylic acids is 2. The number of rotatable bonds is 6. The molecule has 1 aromatic heterocycles. The van der Waals surface area contributed by atoms with Crippen LogP contribution in [-0.4, -0.2) is 57.1 Å². The zero-order valence-corrected chi connectivity index (χ0v) is 12.5. The van der Waals surface area contributed by atoms with E-state index in [2.05, 4.69) is 10.3 Å². The number of carbonyl (C=O) groups is 2. The third-order valence-corrected chi connectivity index (χ3v) is 3.73. The molecule has 2 amide bonds. The van der Waals surface area contributed by atoms with Crippen LogP contribution < -0.4 is 0 Å². The van der Waals surface area contributed by atoms with Gasteiger partial charge in [0.05, 0.1) is 36.2 Å². The van der Waals surface area contributed by atoms with Crippen LogP contribution in [0, 0.1) is 0 Å². The van der Waals surface area contributed by atoms with Gasteiger partial charge in [-0.15, -0.1) is 5.10 Å². The van der Waals surface area contributed by atoms with E-state index >= 15 is 0 Å². The molecule has 1 aliphatic rings. The highest BCUT2D eigenvalue weighted by molar-refractivity contribution is 6.21. The van der Waals surface area contributed by atoms with Crippen molar-refractivity contribution >= 4 is 11.8 Å². The molecule has 8 nitrogen and oxygen atoms in total. The molecule has 0 aliphatic carbocycles. The molecule has 0 spiro atoms. The second-order valence-electron chi connectivity index (χ2n) is 5.16. The average molecular weight is 316 g/mol. The van der Waals surface area contributed by atoms with Crippen molar-refractivity contribution in [2.45, 2.75) is 12.6 Å². The highest BCUT2D eigenvalue weighted by Crippen LogP contribution is 2.22. The second kappa shape index (κ2) is 6.27. The predicted octanol–water partition coefficient (Wildman–Crippen LogP) is 0.254. The molecule has 1 aromatic carbocycles. The SMILES string of the molecule is COC[C@H](O)c1cnnn1CCN1C(=O)c2ccccc2C1=O. The molecule has 8 heteroatoms. The van der Waals surface area contributed by atoms with E-state index in [1.54, 1.807) is 24.3 Å². The number of benzene rings is 1. The van der Waals surface area contributed by atoms with Gasteiger partial charge in [0, 0.05) is 13.7 Å². The average Bonchev–Trinajstić information content (AvgIpc) is 3.11. The largest absolute Gasteiger partial charge is 0.384 e. The number of imide groups is 1. The van der Waals surface area contributed by atoms with Crippen molar-refractivity contribution in [3.63, 3.8) is 0 Å². The number of aliphatic hydroxyl groups is 1. The predicted molar refractivity (Wildman–Crippen MR) is 78.7 cm³/mol. The van der Waals surface area contributed by atoms with Gasteiger partial charge in [0.25, 0.3) is 11.8 Å². The van der Waals surface area contributed by atoms with Gasteiger partial charge >= 0.3 is 0 Å². The number of nitrogens with zero attached hydrogens (tertiary/aromatic N) is 4. The van der Waals surface area contributed by atoms with Crippen LogP contribution >= 0.6 is 0 Å². The van der Waals surface area contributed by atoms with Crippen LogP contribution in [0.1, 0.15) is 32.5 Å². The fourth-order valence-corrected chi connectivity index (χ4v) is 2.58. The van der Waals surface area contributed by atoms with Crippen molar-refractivity contribution in [1.29, 1.82) is 0 Å². The molecule has 1 atom stereocenters. The van der Waals surface area contributed by atoms with Crippen LogP contribution in [-0.2, 0) is 11.3 Å². The summed E-state index contributed by atoms with van der Waals surface area (Å²) >= 11 is 0. The monoisotopic (exact) mass is 316 g/mol. The Labute approximate surface area is 132 Å². The Morgan fingerprint density at radius 2 is 1.83 bits per heavy atom. The lowest BCUT2D eigenvalue weighted by atomic mass is 10.1. The molecule has 1 N–H and O–H groups in total. The molecule has 2 heterocycles. The molecule has 0 saturated heterocycles. The number of fused-ring (bicyclic) bond motifs is 1. The van der Waals surface area contributed by atoms with Crippen LogP contribution in [0.5, 0.6) is 0 Å². The van der Waals surface area contributed by atoms with Crippen molar-refractivity contribution in [3.05, 3.63) is 47.3 Å². The van der Waals surface area contributed by atoms with Crippen LogP contribution in [0.3, 0.4) is 0 Å². The smallest absolute Gasteiger partial charge is 0.261 e. The standard InChI is InChI=1S/C15H16N4O4/c1-23-9-13(20)12-8-16-17-19(12)7-6-18-14(21)10-4-2-3-5-11(10)15(18)22/h2-5,8,13,20H,6-7,9H2,1H3/t13-/m0/s1. The van der Waals surface area contributed by atoms with Gasteiger partial charge in [-0.3, -0.25) is 14.5 Å². The number of ether oxygens (including phenoxy) is 1. The maximum absolute atomic E-state index is 12.3. The summed E-state index contributed by atoms with van der Waals surface area (Å²) in [6.07, 6.45) is 0.573. The Morgan fingerprint density at radius 3 is 2.43 bits per heavy atom. The van der Waals surface area contributed by atoms with Gasteiger partial charge in [-0.05, 0) is 12.1 Å². The van der Waals surface area contributed by atoms with Crippen LogP contribution in [0.2, 0.25) is 0 Å². The second-order valence-corrected chi connectivity index (χ2v) is 5.16. The Kier molecular flexibility index (Phi) is 4.18. The van der Waals surface area contributed by atoms with Crippen molar-refractivity contribution in [3.8, 4) is 0 Å². The Morgan fingerprint density at radius 1 is 1.17 bits per heavy atom. The lowest BCUT2D eigenvalue weighted by molar-refractivity contribution is 0.0569. The van der Waals surface area contributed by atoms with Crippen molar-refractivity contribution in [2.75, 3.05) is 20.3 Å². The van der Waals surface area contributed by atoms with E-state index in [-0.39, 0.29) is 31.5 Å². The minimum atomic E-state index is -0.864. The first-order chi connectivity index (χ1) is 11.1. The van der Waals surface area contributed by atoms with E-state index in [9.17, 15) is 14.7 Å². The molecule has 0 unspecified atom stereocenters. The summed E-state index contributed by atoms with van der Waals surface area (Å²) < 4.78 is 6.36. The highest BCUT2D eigenvalue weighted by Gasteiger charge is 2.34. The lowest BCUT2D eigenvalue weighted by Crippen LogP contribution is -2.33. The molecule has 1 aliphatic heterocycles. The summed E-state index contributed by atoms with van der Waals surface area (Å²) in [5.41, 5.74) is 1.30. The summed E-state index contributed by atoms with van der Waals surface area (Å²) in [6, 6.07) is 6.73. The van der Waals surface area contributed by atoms with Gasteiger partial charge in [-0.25, -0.2) is 4.68 Å². The number of amides is 2. The third kappa shape index (κ3) is 2.73. The summed E-state index contributed by atoms with van der Waals surface area (Å²) in [4.78, 5) is 25.7. The first kappa shape index (κ1) is 15.3. The number of hydrogen-bond acceptors (Lipinski definition) is 6. The molecule has 0 fully saturated rings. The maximum atomic E-state index is 12.3. The van der Waals surface area contributed by atoms with E-state index in [1.807, 2.05) is 0 Å². The van der Waals surface area contributed by atoms with Crippen molar-refractivity contribution in [2.24, 2.45) is 0 Å². The zero-order chi connectivity index (χ0) is 16.4. The Hall–Kier alpha value is -2.58. The van der Waals surface area contributed by atoms with Crippen molar-refractivity contribution in [1.82, 2.24) is 19.9 Å². The van der Waals surface area contributed by atoms with E-state index < -0.39 is 6.10 Å². The minimum absolute atomic E-state index is 0.111. The Bertz CT molecular complexity index is 708. The summed E-state index contributed by atoms with van der Waals surface area (Å²) in [5, 5.41) is 17.6. The van der Waals surface area contributed by atoms with Crippen LogP contribution in [0.25, 0.3) is 0 Å². The minimum Gasteiger partial charge on any atom is -0.384 e. The van der Waals surface area contributed by atoms with Gasteiger partial charge in [0.2, 0.25) is 0 Å². The first-order valence-electron chi connectivity index (χ1n) is 7.14. The number of hydrogen-bond donors (Lipinski definition) is 1. The van der Waals surface area contributed by atoms with Crippen LogP contribution in [0.15, 0.2) is 30.5 Å². The summed E-state index contributed by atoms with van der Waals surface area (Å²) in [7, 11) is 1.48. The quantitative estimate of drug-likeness (QED) is 0.768. The molecule has 0 bridgehead atoms. The zero-order valence-electron chi connectivity index (χ0n) is 12.5. The molecule has 3 rings (SSSR count). The van der Waals surface area contributed by atoms with E-state index in [0.29, 0.717) is 16.8 Å². The Balaban J connectivity index is 1.72. The normalized spacial score (nSPS) is 15.1. The fourth-order valence-electron chi connectivity index (χ4n) is 2.58. The third-order valence-electron chi connectivity index (χ3n) is 3.73. The van der Waals surface area contributed by atoms with E-state index in [0.717, 1.165) is 0 Å². The summed E-state index contributed by atoms with van der Waals surface area (Å²) in [5.74, 6) is -0.630. The van der Waals surface area contributed by atoms with Gasteiger partial charge in [-0.1, -0.05) is 17.3 Å². The van der Waals surface area contributed by atoms with Gasteiger partial charge in [0.1, 0.15) is 6.10 Å². The first-order valence-corrected chi connectivity index (χ1v) is 7.14. The van der Waals surface area contributed by atoms with Gasteiger partial charge in [0.15, 0.2) is 0 Å². The summed E-state index contributed by atoms with van der Waals surface area (Å²) in [6.45, 7) is 0.518. The highest BCUT2D eigenvalue weighted by atomic mass is 16.5. The molecular weight excluding hydrogens is 300 g/mol. The molecule has 120 valence electrons. The molecule has 0 radical (unpaired) electrons. The molecule has 23 heavy (non-hydrogen) atoms.